The van der Waals surface area contributed by atoms with E-state index < -0.39 is 0 Å². The third-order valence-corrected chi connectivity index (χ3v) is 3.89. The number of nitrogens with zero attached hydrogens (tertiary/aromatic N) is 1. The molecule has 1 saturated heterocycles. The standard InChI is InChI=1S/C15H19NO2S/c1-2-19-15(16-8-10-18-11-9-16)12-14(17)13-6-4-3-5-7-13/h3-7,12H,2,8-11H2,1H3. The van der Waals surface area contributed by atoms with Crippen LogP contribution in [-0.2, 0) is 4.74 Å². The molecule has 1 aromatic rings. The van der Waals surface area contributed by atoms with Crippen molar-refractivity contribution >= 4 is 17.5 Å². The van der Waals surface area contributed by atoms with Crippen LogP contribution < -0.4 is 0 Å². The summed E-state index contributed by atoms with van der Waals surface area (Å²) in [5.74, 6) is 1.04. The molecular formula is C15H19NO2S. The van der Waals surface area contributed by atoms with Crippen LogP contribution in [0.5, 0.6) is 0 Å². The van der Waals surface area contributed by atoms with Crippen molar-refractivity contribution in [1.82, 2.24) is 4.90 Å². The zero-order chi connectivity index (χ0) is 13.5. The number of ether oxygens (including phenoxy) is 1. The number of hydrogen-bond donors (Lipinski definition) is 0. The highest BCUT2D eigenvalue weighted by molar-refractivity contribution is 8.02. The maximum atomic E-state index is 12.2. The molecule has 0 N–H and O–H groups in total. The smallest absolute Gasteiger partial charge is 0.188 e. The van der Waals surface area contributed by atoms with Gasteiger partial charge in [0.1, 0.15) is 0 Å². The van der Waals surface area contributed by atoms with Crippen molar-refractivity contribution in [3.05, 3.63) is 47.0 Å². The minimum Gasteiger partial charge on any atom is -0.378 e. The summed E-state index contributed by atoms with van der Waals surface area (Å²) in [6.45, 7) is 5.30. The van der Waals surface area contributed by atoms with Crippen LogP contribution in [0.25, 0.3) is 0 Å². The fourth-order valence-corrected chi connectivity index (χ4v) is 2.81. The Hall–Kier alpha value is -1.26. The second-order valence-electron chi connectivity index (χ2n) is 4.25. The molecule has 19 heavy (non-hydrogen) atoms. The molecule has 1 aliphatic heterocycles. The summed E-state index contributed by atoms with van der Waals surface area (Å²) in [6.07, 6.45) is 1.76. The topological polar surface area (TPSA) is 29.5 Å². The van der Waals surface area contributed by atoms with Gasteiger partial charge in [0.2, 0.25) is 0 Å². The Morgan fingerprint density at radius 3 is 2.63 bits per heavy atom. The fraction of sp³-hybridized carbons (Fsp3) is 0.400. The number of benzene rings is 1. The third kappa shape index (κ3) is 4.11. The fourth-order valence-electron chi connectivity index (χ4n) is 1.95. The van der Waals surface area contributed by atoms with Crippen molar-refractivity contribution in [2.45, 2.75) is 6.92 Å². The van der Waals surface area contributed by atoms with Gasteiger partial charge < -0.3 is 9.64 Å². The minimum atomic E-state index is 0.0723. The molecule has 0 aromatic heterocycles. The predicted molar refractivity (Wildman–Crippen MR) is 79.4 cm³/mol. The van der Waals surface area contributed by atoms with Crippen LogP contribution in [-0.4, -0.2) is 42.7 Å². The minimum absolute atomic E-state index is 0.0723. The van der Waals surface area contributed by atoms with Crippen LogP contribution in [0.1, 0.15) is 17.3 Å². The van der Waals surface area contributed by atoms with E-state index in [-0.39, 0.29) is 5.78 Å². The lowest BCUT2D eigenvalue weighted by Crippen LogP contribution is -2.35. The van der Waals surface area contributed by atoms with Gasteiger partial charge in [-0.15, -0.1) is 11.8 Å². The summed E-state index contributed by atoms with van der Waals surface area (Å²) < 4.78 is 5.35. The van der Waals surface area contributed by atoms with Gasteiger partial charge >= 0.3 is 0 Å². The molecule has 1 heterocycles. The molecule has 102 valence electrons. The van der Waals surface area contributed by atoms with Crippen LogP contribution in [0.3, 0.4) is 0 Å². The van der Waals surface area contributed by atoms with Crippen molar-refractivity contribution in [2.75, 3.05) is 32.1 Å². The molecular weight excluding hydrogens is 258 g/mol. The van der Waals surface area contributed by atoms with Gasteiger partial charge in [0.15, 0.2) is 5.78 Å². The quantitative estimate of drug-likeness (QED) is 0.611. The first-order valence-electron chi connectivity index (χ1n) is 6.58. The maximum absolute atomic E-state index is 12.2. The maximum Gasteiger partial charge on any atom is 0.188 e. The number of morpholine rings is 1. The Balaban J connectivity index is 2.13. The lowest BCUT2D eigenvalue weighted by atomic mass is 10.1. The zero-order valence-corrected chi connectivity index (χ0v) is 12.0. The van der Waals surface area contributed by atoms with Crippen LogP contribution in [0.4, 0.5) is 0 Å². The summed E-state index contributed by atoms with van der Waals surface area (Å²) in [4.78, 5) is 14.5. The molecule has 0 aliphatic carbocycles. The molecule has 0 amide bonds. The molecule has 1 fully saturated rings. The summed E-state index contributed by atoms with van der Waals surface area (Å²) >= 11 is 1.72. The zero-order valence-electron chi connectivity index (χ0n) is 11.2. The number of allylic oxidation sites excluding steroid dienone is 1. The van der Waals surface area contributed by atoms with E-state index in [9.17, 15) is 4.79 Å². The molecule has 0 bridgehead atoms. The number of ketones is 1. The highest BCUT2D eigenvalue weighted by atomic mass is 32.2. The number of carbonyl (C=O) groups is 1. The lowest BCUT2D eigenvalue weighted by molar-refractivity contribution is 0.0574. The molecule has 2 rings (SSSR count). The Morgan fingerprint density at radius 1 is 1.32 bits per heavy atom. The van der Waals surface area contributed by atoms with Gasteiger partial charge in [0, 0.05) is 24.7 Å². The molecule has 1 aliphatic rings. The van der Waals surface area contributed by atoms with E-state index in [2.05, 4.69) is 11.8 Å². The summed E-state index contributed by atoms with van der Waals surface area (Å²) in [7, 11) is 0. The Labute approximate surface area is 118 Å². The molecule has 4 heteroatoms. The second-order valence-corrected chi connectivity index (χ2v) is 5.53. The molecule has 0 atom stereocenters. The van der Waals surface area contributed by atoms with E-state index in [0.717, 1.165) is 42.6 Å². The molecule has 0 spiro atoms. The van der Waals surface area contributed by atoms with Crippen molar-refractivity contribution < 1.29 is 9.53 Å². The number of hydrogen-bond acceptors (Lipinski definition) is 4. The third-order valence-electron chi connectivity index (χ3n) is 2.93. The van der Waals surface area contributed by atoms with E-state index in [1.165, 1.54) is 0 Å². The first-order chi connectivity index (χ1) is 9.31. The van der Waals surface area contributed by atoms with E-state index in [1.807, 2.05) is 30.3 Å². The Morgan fingerprint density at radius 2 is 2.00 bits per heavy atom. The first-order valence-corrected chi connectivity index (χ1v) is 7.56. The van der Waals surface area contributed by atoms with E-state index in [1.54, 1.807) is 17.8 Å². The molecule has 3 nitrogen and oxygen atoms in total. The first kappa shape index (κ1) is 14.2. The van der Waals surface area contributed by atoms with Gasteiger partial charge in [-0.25, -0.2) is 0 Å². The second kappa shape index (κ2) is 7.36. The van der Waals surface area contributed by atoms with Crippen molar-refractivity contribution in [2.24, 2.45) is 0 Å². The molecule has 0 radical (unpaired) electrons. The SMILES string of the molecule is CCSC(=CC(=O)c1ccccc1)N1CCOCC1. The van der Waals surface area contributed by atoms with Crippen LogP contribution in [0.2, 0.25) is 0 Å². The van der Waals surface area contributed by atoms with Gasteiger partial charge in [-0.1, -0.05) is 37.3 Å². The van der Waals surface area contributed by atoms with E-state index in [0.29, 0.717) is 0 Å². The van der Waals surface area contributed by atoms with Crippen LogP contribution in [0.15, 0.2) is 41.4 Å². The summed E-state index contributed by atoms with van der Waals surface area (Å²) in [6, 6.07) is 9.41. The summed E-state index contributed by atoms with van der Waals surface area (Å²) in [5, 5.41) is 1.06. The van der Waals surface area contributed by atoms with Gasteiger partial charge in [-0.3, -0.25) is 4.79 Å². The highest BCUT2D eigenvalue weighted by Gasteiger charge is 2.15. The monoisotopic (exact) mass is 277 g/mol. The summed E-state index contributed by atoms with van der Waals surface area (Å²) in [5.41, 5.74) is 0.741. The lowest BCUT2D eigenvalue weighted by Gasteiger charge is -2.30. The van der Waals surface area contributed by atoms with Gasteiger partial charge in [0.25, 0.3) is 0 Å². The van der Waals surface area contributed by atoms with Crippen LogP contribution >= 0.6 is 11.8 Å². The van der Waals surface area contributed by atoms with Crippen molar-refractivity contribution in [1.29, 1.82) is 0 Å². The van der Waals surface area contributed by atoms with Crippen molar-refractivity contribution in [3.8, 4) is 0 Å². The van der Waals surface area contributed by atoms with Gasteiger partial charge in [0.05, 0.1) is 18.2 Å². The Bertz CT molecular complexity index is 439. The number of thioether (sulfide) groups is 1. The van der Waals surface area contributed by atoms with Gasteiger partial charge in [-0.2, -0.15) is 0 Å². The van der Waals surface area contributed by atoms with E-state index in [4.69, 9.17) is 4.74 Å². The predicted octanol–water partition coefficient (Wildman–Crippen LogP) is 2.80. The average molecular weight is 277 g/mol. The molecule has 1 aromatic carbocycles. The highest BCUT2D eigenvalue weighted by Crippen LogP contribution is 2.22. The number of carbonyl (C=O) groups excluding carboxylic acids is 1. The normalized spacial score (nSPS) is 16.5. The number of rotatable bonds is 5. The molecule has 0 saturated carbocycles. The van der Waals surface area contributed by atoms with Crippen LogP contribution in [0, 0.1) is 0 Å². The Kier molecular flexibility index (Phi) is 5.48. The largest absolute Gasteiger partial charge is 0.378 e. The van der Waals surface area contributed by atoms with Gasteiger partial charge in [-0.05, 0) is 5.75 Å². The van der Waals surface area contributed by atoms with Crippen molar-refractivity contribution in [3.63, 3.8) is 0 Å². The average Bonchev–Trinajstić information content (AvgIpc) is 2.48. The van der Waals surface area contributed by atoms with E-state index >= 15 is 0 Å². The molecule has 0 unspecified atom stereocenters.